The van der Waals surface area contributed by atoms with E-state index in [2.05, 4.69) is 15.4 Å². The lowest BCUT2D eigenvalue weighted by Gasteiger charge is -2.39. The third-order valence-electron chi connectivity index (χ3n) is 3.94. The Hall–Kier alpha value is -2.11. The van der Waals surface area contributed by atoms with Crippen LogP contribution in [0.5, 0.6) is 5.75 Å². The number of ether oxygens (including phenoxy) is 2. The van der Waals surface area contributed by atoms with Crippen molar-refractivity contribution >= 4 is 0 Å². The van der Waals surface area contributed by atoms with Crippen LogP contribution in [-0.2, 0) is 18.2 Å². The molecule has 1 aromatic carbocycles. The summed E-state index contributed by atoms with van der Waals surface area (Å²) < 4.78 is 10.8. The topological polar surface area (TPSA) is 143 Å². The first-order chi connectivity index (χ1) is 12.0. The number of aliphatic hydroxyl groups is 4. The number of benzene rings is 1. The largest absolute Gasteiger partial charge is 0.462 e. The van der Waals surface area contributed by atoms with Crippen LogP contribution in [0.4, 0.5) is 0 Å². The Morgan fingerprint density at radius 3 is 2.44 bits per heavy atom. The molecule has 5 atom stereocenters. The quantitative estimate of drug-likeness (QED) is 0.479. The van der Waals surface area contributed by atoms with E-state index in [4.69, 9.17) is 9.47 Å². The molecule has 0 saturated carbocycles. The second-order valence-electron chi connectivity index (χ2n) is 5.83. The van der Waals surface area contributed by atoms with Gasteiger partial charge >= 0.3 is 0 Å². The van der Waals surface area contributed by atoms with Gasteiger partial charge in [-0.05, 0) is 22.9 Å². The van der Waals surface area contributed by atoms with Crippen LogP contribution in [0.1, 0.15) is 11.4 Å². The van der Waals surface area contributed by atoms with Crippen LogP contribution in [0.15, 0.2) is 24.3 Å². The minimum atomic E-state index is -1.47. The third-order valence-corrected chi connectivity index (χ3v) is 3.94. The maximum atomic E-state index is 9.97. The SMILES string of the molecule is Cn1nnc(Cc2ccc(OC3OC(CO)C(O)C(O)C3O)cc2)n1. The van der Waals surface area contributed by atoms with Crippen LogP contribution < -0.4 is 4.74 Å². The molecular formula is C15H20N4O6. The molecule has 1 aliphatic heterocycles. The highest BCUT2D eigenvalue weighted by molar-refractivity contribution is 5.29. The van der Waals surface area contributed by atoms with Gasteiger partial charge < -0.3 is 29.9 Å². The summed E-state index contributed by atoms with van der Waals surface area (Å²) in [5.41, 5.74) is 0.939. The lowest BCUT2D eigenvalue weighted by atomic mass is 9.99. The summed E-state index contributed by atoms with van der Waals surface area (Å²) in [5, 5.41) is 50.4. The van der Waals surface area contributed by atoms with Crippen molar-refractivity contribution in [1.82, 2.24) is 20.2 Å². The Labute approximate surface area is 143 Å². The van der Waals surface area contributed by atoms with E-state index in [9.17, 15) is 20.4 Å². The molecule has 136 valence electrons. The predicted molar refractivity (Wildman–Crippen MR) is 82.4 cm³/mol. The van der Waals surface area contributed by atoms with Crippen molar-refractivity contribution in [2.75, 3.05) is 6.61 Å². The first kappa shape index (κ1) is 17.7. The highest BCUT2D eigenvalue weighted by Crippen LogP contribution is 2.24. The fourth-order valence-corrected chi connectivity index (χ4v) is 2.56. The monoisotopic (exact) mass is 352 g/mol. The van der Waals surface area contributed by atoms with Gasteiger partial charge in [0.2, 0.25) is 6.29 Å². The summed E-state index contributed by atoms with van der Waals surface area (Å²) in [6.45, 7) is -0.505. The molecule has 1 saturated heterocycles. The van der Waals surface area contributed by atoms with E-state index < -0.39 is 37.3 Å². The number of aryl methyl sites for hydroxylation is 1. The highest BCUT2D eigenvalue weighted by Gasteiger charge is 2.44. The molecule has 3 rings (SSSR count). The molecule has 5 unspecified atom stereocenters. The van der Waals surface area contributed by atoms with Gasteiger partial charge in [0.15, 0.2) is 5.82 Å². The first-order valence-corrected chi connectivity index (χ1v) is 7.77. The number of rotatable bonds is 5. The smallest absolute Gasteiger partial charge is 0.229 e. The number of nitrogens with zero attached hydrogens (tertiary/aromatic N) is 4. The minimum absolute atomic E-state index is 0.403. The number of hydrogen-bond acceptors (Lipinski definition) is 9. The fourth-order valence-electron chi connectivity index (χ4n) is 2.56. The van der Waals surface area contributed by atoms with Crippen molar-refractivity contribution in [2.45, 2.75) is 37.1 Å². The molecule has 0 radical (unpaired) electrons. The van der Waals surface area contributed by atoms with E-state index >= 15 is 0 Å². The van der Waals surface area contributed by atoms with E-state index in [1.54, 1.807) is 31.3 Å². The molecule has 0 amide bonds. The molecule has 1 aromatic heterocycles. The van der Waals surface area contributed by atoms with Crippen LogP contribution in [0, 0.1) is 0 Å². The van der Waals surface area contributed by atoms with E-state index in [-0.39, 0.29) is 0 Å². The van der Waals surface area contributed by atoms with Crippen molar-refractivity contribution in [1.29, 1.82) is 0 Å². The van der Waals surface area contributed by atoms with Gasteiger partial charge in [-0.15, -0.1) is 10.2 Å². The van der Waals surface area contributed by atoms with Crippen molar-refractivity contribution in [2.24, 2.45) is 7.05 Å². The number of aromatic nitrogens is 4. The van der Waals surface area contributed by atoms with Crippen molar-refractivity contribution in [3.05, 3.63) is 35.7 Å². The first-order valence-electron chi connectivity index (χ1n) is 7.77. The van der Waals surface area contributed by atoms with Gasteiger partial charge in [-0.2, -0.15) is 4.80 Å². The average molecular weight is 352 g/mol. The summed E-state index contributed by atoms with van der Waals surface area (Å²) in [7, 11) is 1.69. The van der Waals surface area contributed by atoms with Crippen LogP contribution in [-0.4, -0.2) is 77.9 Å². The zero-order valence-corrected chi connectivity index (χ0v) is 13.5. The molecule has 10 heteroatoms. The molecule has 4 N–H and O–H groups in total. The third kappa shape index (κ3) is 3.94. The summed E-state index contributed by atoms with van der Waals surface area (Å²) in [6, 6.07) is 6.95. The van der Waals surface area contributed by atoms with Gasteiger partial charge in [0, 0.05) is 6.42 Å². The van der Waals surface area contributed by atoms with Crippen LogP contribution in [0.25, 0.3) is 0 Å². The predicted octanol–water partition coefficient (Wildman–Crippen LogP) is -2.02. The van der Waals surface area contributed by atoms with Gasteiger partial charge in [0.1, 0.15) is 30.2 Å². The molecule has 10 nitrogen and oxygen atoms in total. The normalized spacial score (nSPS) is 29.6. The Kier molecular flexibility index (Phi) is 5.25. The second-order valence-corrected chi connectivity index (χ2v) is 5.83. The lowest BCUT2D eigenvalue weighted by molar-refractivity contribution is -0.277. The van der Waals surface area contributed by atoms with E-state index in [1.807, 2.05) is 0 Å². The maximum Gasteiger partial charge on any atom is 0.229 e. The molecule has 2 heterocycles. The molecule has 25 heavy (non-hydrogen) atoms. The van der Waals surface area contributed by atoms with E-state index in [1.165, 1.54) is 4.80 Å². The molecule has 2 aromatic rings. The van der Waals surface area contributed by atoms with Gasteiger partial charge in [-0.25, -0.2) is 0 Å². The van der Waals surface area contributed by atoms with Crippen molar-refractivity contribution in [3.8, 4) is 5.75 Å². The number of tetrazole rings is 1. The molecule has 0 spiro atoms. The molecule has 1 fully saturated rings. The van der Waals surface area contributed by atoms with Crippen LogP contribution >= 0.6 is 0 Å². The number of hydrogen-bond donors (Lipinski definition) is 4. The molecule has 1 aliphatic rings. The Morgan fingerprint density at radius 1 is 1.12 bits per heavy atom. The molecule has 0 bridgehead atoms. The van der Waals surface area contributed by atoms with Crippen molar-refractivity contribution < 1.29 is 29.9 Å². The Bertz CT molecular complexity index is 692. The summed E-state index contributed by atoms with van der Waals surface area (Å²) >= 11 is 0. The van der Waals surface area contributed by atoms with Crippen LogP contribution in [0.2, 0.25) is 0 Å². The number of aliphatic hydroxyl groups excluding tert-OH is 4. The summed E-state index contributed by atoms with van der Waals surface area (Å²) in [5.74, 6) is 0.991. The highest BCUT2D eigenvalue weighted by atomic mass is 16.7. The summed E-state index contributed by atoms with van der Waals surface area (Å²) in [4.78, 5) is 1.38. The van der Waals surface area contributed by atoms with Crippen molar-refractivity contribution in [3.63, 3.8) is 0 Å². The summed E-state index contributed by atoms with van der Waals surface area (Å²) in [6.07, 6.45) is -6.04. The minimum Gasteiger partial charge on any atom is -0.462 e. The standard InChI is InChI=1S/C15H20N4O6/c1-19-17-11(16-18-19)6-8-2-4-9(5-3-8)24-15-14(23)13(22)12(21)10(7-20)25-15/h2-5,10,12-15,20-23H,6-7H2,1H3. The van der Waals surface area contributed by atoms with E-state index in [0.29, 0.717) is 18.0 Å². The van der Waals surface area contributed by atoms with Gasteiger partial charge in [-0.1, -0.05) is 12.1 Å². The van der Waals surface area contributed by atoms with Gasteiger partial charge in [0.25, 0.3) is 0 Å². The average Bonchev–Trinajstić information content (AvgIpc) is 3.02. The zero-order valence-electron chi connectivity index (χ0n) is 13.5. The fraction of sp³-hybridized carbons (Fsp3) is 0.533. The zero-order chi connectivity index (χ0) is 18.0. The second kappa shape index (κ2) is 7.42. The molecule has 0 aliphatic carbocycles. The van der Waals surface area contributed by atoms with Gasteiger partial charge in [0.05, 0.1) is 13.7 Å². The Morgan fingerprint density at radius 2 is 1.84 bits per heavy atom. The maximum absolute atomic E-state index is 9.97. The van der Waals surface area contributed by atoms with Crippen LogP contribution in [0.3, 0.4) is 0 Å². The van der Waals surface area contributed by atoms with Gasteiger partial charge in [-0.3, -0.25) is 0 Å². The molecular weight excluding hydrogens is 332 g/mol. The van der Waals surface area contributed by atoms with E-state index in [0.717, 1.165) is 5.56 Å². The Balaban J connectivity index is 1.64. The lowest BCUT2D eigenvalue weighted by Crippen LogP contribution is -2.60.